The Bertz CT molecular complexity index is 612. The Hall–Kier alpha value is -1.16. The molecule has 0 spiro atoms. The zero-order valence-electron chi connectivity index (χ0n) is 12.3. The first-order valence-corrected chi connectivity index (χ1v) is 9.70. The number of ether oxygens (including phenoxy) is 1. The van der Waals surface area contributed by atoms with Crippen LogP contribution in [0.4, 0.5) is 0 Å². The van der Waals surface area contributed by atoms with Gasteiger partial charge >= 0.3 is 0 Å². The van der Waals surface area contributed by atoms with Gasteiger partial charge in [0.15, 0.2) is 0 Å². The van der Waals surface area contributed by atoms with Crippen molar-refractivity contribution in [2.24, 2.45) is 0 Å². The van der Waals surface area contributed by atoms with E-state index in [1.807, 2.05) is 18.2 Å². The molecule has 0 atom stereocenters. The molecule has 0 radical (unpaired) electrons. The van der Waals surface area contributed by atoms with Crippen LogP contribution in [0, 0.1) is 11.8 Å². The summed E-state index contributed by atoms with van der Waals surface area (Å²) in [6.45, 7) is 0.0433. The first-order chi connectivity index (χ1) is 9.96. The third-order valence-electron chi connectivity index (χ3n) is 2.63. The predicted octanol–water partition coefficient (Wildman–Crippen LogP) is 1.71. The number of rotatable bonds is 7. The monoisotopic (exact) mass is 328 g/mol. The fourth-order valence-corrected chi connectivity index (χ4v) is 3.83. The molecule has 0 bridgehead atoms. The van der Waals surface area contributed by atoms with Crippen molar-refractivity contribution >= 4 is 21.6 Å². The Morgan fingerprint density at radius 3 is 2.76 bits per heavy atom. The van der Waals surface area contributed by atoms with Crippen molar-refractivity contribution in [3.63, 3.8) is 0 Å². The van der Waals surface area contributed by atoms with Crippen LogP contribution in [0.15, 0.2) is 18.2 Å². The van der Waals surface area contributed by atoms with Gasteiger partial charge in [0, 0.05) is 29.7 Å². The second-order valence-corrected chi connectivity index (χ2v) is 7.85. The van der Waals surface area contributed by atoms with E-state index in [2.05, 4.69) is 11.8 Å². The van der Waals surface area contributed by atoms with E-state index < -0.39 is 9.84 Å². The summed E-state index contributed by atoms with van der Waals surface area (Å²) >= 11 is 1.55. The SMILES string of the molecule is COc1ccc(C#CCCO)c(CSCCS(C)(=O)=O)c1. The minimum atomic E-state index is -2.92. The zero-order valence-corrected chi connectivity index (χ0v) is 13.9. The van der Waals surface area contributed by atoms with E-state index in [4.69, 9.17) is 9.84 Å². The second-order valence-electron chi connectivity index (χ2n) is 4.48. The third kappa shape index (κ3) is 7.42. The van der Waals surface area contributed by atoms with Gasteiger partial charge in [-0.15, -0.1) is 0 Å². The number of sulfone groups is 1. The molecule has 0 unspecified atom stereocenters. The van der Waals surface area contributed by atoms with Crippen LogP contribution in [0.2, 0.25) is 0 Å². The van der Waals surface area contributed by atoms with Crippen LogP contribution in [0.5, 0.6) is 5.75 Å². The Kier molecular flexibility index (Phi) is 7.65. The van der Waals surface area contributed by atoms with Crippen LogP contribution >= 0.6 is 11.8 Å². The lowest BCUT2D eigenvalue weighted by molar-refractivity contribution is 0.305. The Morgan fingerprint density at radius 2 is 2.14 bits per heavy atom. The highest BCUT2D eigenvalue weighted by atomic mass is 32.2. The summed E-state index contributed by atoms with van der Waals surface area (Å²) in [6.07, 6.45) is 1.68. The van der Waals surface area contributed by atoms with Crippen molar-refractivity contribution in [2.75, 3.05) is 31.5 Å². The highest BCUT2D eigenvalue weighted by molar-refractivity contribution is 7.99. The molecule has 0 amide bonds. The summed E-state index contributed by atoms with van der Waals surface area (Å²) in [7, 11) is -1.32. The summed E-state index contributed by atoms with van der Waals surface area (Å²) in [6, 6.07) is 5.64. The smallest absolute Gasteiger partial charge is 0.148 e. The number of aliphatic hydroxyl groups excluding tert-OH is 1. The molecular formula is C15H20O4S2. The van der Waals surface area contributed by atoms with Crippen LogP contribution in [0.25, 0.3) is 0 Å². The third-order valence-corrected chi connectivity index (χ3v) is 4.84. The number of thioether (sulfide) groups is 1. The molecule has 6 heteroatoms. The first kappa shape index (κ1) is 17.9. The van der Waals surface area contributed by atoms with Gasteiger partial charge in [-0.1, -0.05) is 11.8 Å². The van der Waals surface area contributed by atoms with Crippen LogP contribution in [0.3, 0.4) is 0 Å². The molecular weight excluding hydrogens is 308 g/mol. The molecule has 1 rings (SSSR count). The maximum Gasteiger partial charge on any atom is 0.148 e. The lowest BCUT2D eigenvalue weighted by Gasteiger charge is -2.07. The van der Waals surface area contributed by atoms with Gasteiger partial charge in [-0.2, -0.15) is 11.8 Å². The summed E-state index contributed by atoms with van der Waals surface area (Å²) < 4.78 is 27.4. The molecule has 21 heavy (non-hydrogen) atoms. The van der Waals surface area contributed by atoms with Gasteiger partial charge < -0.3 is 9.84 Å². The number of hydrogen-bond donors (Lipinski definition) is 1. The molecule has 0 saturated heterocycles. The Labute approximate surface area is 130 Å². The predicted molar refractivity (Wildman–Crippen MR) is 87.4 cm³/mol. The number of hydrogen-bond acceptors (Lipinski definition) is 5. The summed E-state index contributed by atoms with van der Waals surface area (Å²) in [4.78, 5) is 0. The molecule has 0 aliphatic carbocycles. The maximum absolute atomic E-state index is 11.1. The summed E-state index contributed by atoms with van der Waals surface area (Å²) in [5, 5.41) is 8.76. The largest absolute Gasteiger partial charge is 0.497 e. The molecule has 0 aliphatic rings. The van der Waals surface area contributed by atoms with Crippen molar-refractivity contribution in [1.82, 2.24) is 0 Å². The molecule has 4 nitrogen and oxygen atoms in total. The lowest BCUT2D eigenvalue weighted by atomic mass is 10.1. The number of methoxy groups -OCH3 is 1. The van der Waals surface area contributed by atoms with Crippen LogP contribution < -0.4 is 4.74 Å². The van der Waals surface area contributed by atoms with Gasteiger partial charge in [-0.3, -0.25) is 0 Å². The average molecular weight is 328 g/mol. The van der Waals surface area contributed by atoms with Crippen LogP contribution in [-0.2, 0) is 15.6 Å². The van der Waals surface area contributed by atoms with E-state index in [9.17, 15) is 8.42 Å². The number of aliphatic hydroxyl groups is 1. The van der Waals surface area contributed by atoms with E-state index in [1.165, 1.54) is 6.26 Å². The average Bonchev–Trinajstić information content (AvgIpc) is 2.44. The molecule has 1 aromatic carbocycles. The van der Waals surface area contributed by atoms with E-state index >= 15 is 0 Å². The highest BCUT2D eigenvalue weighted by Crippen LogP contribution is 2.22. The van der Waals surface area contributed by atoms with Gasteiger partial charge in [0.1, 0.15) is 15.6 Å². The standard InChI is InChI=1S/C15H20O4S2/c1-19-15-7-6-13(5-3-4-8-16)14(11-15)12-20-9-10-21(2,17)18/h6-7,11,16H,4,8-10,12H2,1-2H3. The fraction of sp³-hybridized carbons (Fsp3) is 0.467. The van der Waals surface area contributed by atoms with E-state index in [1.54, 1.807) is 18.9 Å². The van der Waals surface area contributed by atoms with E-state index in [-0.39, 0.29) is 12.4 Å². The van der Waals surface area contributed by atoms with Gasteiger partial charge in [-0.25, -0.2) is 8.42 Å². The highest BCUT2D eigenvalue weighted by Gasteiger charge is 2.05. The Morgan fingerprint density at radius 1 is 1.38 bits per heavy atom. The summed E-state index contributed by atoms with van der Waals surface area (Å²) in [5.74, 6) is 8.08. The van der Waals surface area contributed by atoms with Gasteiger partial charge in [0.05, 0.1) is 19.5 Å². The second kappa shape index (κ2) is 8.98. The maximum atomic E-state index is 11.1. The minimum Gasteiger partial charge on any atom is -0.497 e. The van der Waals surface area contributed by atoms with E-state index in [0.717, 1.165) is 16.9 Å². The molecule has 0 heterocycles. The normalized spacial score (nSPS) is 10.8. The quantitative estimate of drug-likeness (QED) is 0.610. The van der Waals surface area contributed by atoms with Crippen molar-refractivity contribution in [3.05, 3.63) is 29.3 Å². The molecule has 1 aromatic rings. The molecule has 0 fully saturated rings. The molecule has 0 saturated carbocycles. The lowest BCUT2D eigenvalue weighted by Crippen LogP contribution is -2.05. The van der Waals surface area contributed by atoms with Crippen molar-refractivity contribution in [3.8, 4) is 17.6 Å². The topological polar surface area (TPSA) is 63.6 Å². The molecule has 0 aliphatic heterocycles. The minimum absolute atomic E-state index is 0.0433. The first-order valence-electron chi connectivity index (χ1n) is 6.48. The van der Waals surface area contributed by atoms with Crippen molar-refractivity contribution in [2.45, 2.75) is 12.2 Å². The van der Waals surface area contributed by atoms with Gasteiger partial charge in [-0.05, 0) is 23.8 Å². The van der Waals surface area contributed by atoms with Crippen molar-refractivity contribution < 1.29 is 18.3 Å². The Balaban J connectivity index is 2.75. The summed E-state index contributed by atoms with van der Waals surface area (Å²) in [5.41, 5.74) is 1.90. The van der Waals surface area contributed by atoms with E-state index in [0.29, 0.717) is 17.9 Å². The van der Waals surface area contributed by atoms with Crippen LogP contribution in [0.1, 0.15) is 17.5 Å². The van der Waals surface area contributed by atoms with Crippen LogP contribution in [-0.4, -0.2) is 45.0 Å². The zero-order chi connectivity index (χ0) is 15.7. The molecule has 1 N–H and O–H groups in total. The molecule has 116 valence electrons. The number of benzene rings is 1. The van der Waals surface area contributed by atoms with Gasteiger partial charge in [0.2, 0.25) is 0 Å². The molecule has 0 aromatic heterocycles. The van der Waals surface area contributed by atoms with Gasteiger partial charge in [0.25, 0.3) is 0 Å². The van der Waals surface area contributed by atoms with Crippen molar-refractivity contribution in [1.29, 1.82) is 0 Å². The fourth-order valence-electron chi connectivity index (χ4n) is 1.54.